The Hall–Kier alpha value is -2.86. The Balaban J connectivity index is 1.79. The van der Waals surface area contributed by atoms with Gasteiger partial charge in [-0.1, -0.05) is 18.2 Å². The minimum Gasteiger partial charge on any atom is -0.465 e. The molecule has 0 saturated carbocycles. The first kappa shape index (κ1) is 15.1. The Bertz CT molecular complexity index is 828. The number of hydrogen-bond acceptors (Lipinski definition) is 6. The fraction of sp³-hybridized carbons (Fsp3) is 0.0588. The quantitative estimate of drug-likeness (QED) is 0.561. The van der Waals surface area contributed by atoms with Crippen molar-refractivity contribution in [2.24, 2.45) is 0 Å². The monoisotopic (exact) mass is 325 g/mol. The molecular weight excluding hydrogens is 310 g/mol. The van der Waals surface area contributed by atoms with Crippen molar-refractivity contribution < 1.29 is 9.53 Å². The topological polar surface area (TPSA) is 77.2 Å². The maximum absolute atomic E-state index is 11.6. The van der Waals surface area contributed by atoms with Gasteiger partial charge in [-0.2, -0.15) is 0 Å². The maximum atomic E-state index is 11.6. The summed E-state index contributed by atoms with van der Waals surface area (Å²) in [7, 11) is 1.36. The van der Waals surface area contributed by atoms with Crippen molar-refractivity contribution in [1.29, 1.82) is 0 Å². The van der Waals surface area contributed by atoms with E-state index >= 15 is 0 Å². The number of nitrogens with one attached hydrogen (secondary N) is 1. The van der Waals surface area contributed by atoms with Crippen LogP contribution in [-0.2, 0) is 4.74 Å². The molecule has 0 spiro atoms. The summed E-state index contributed by atoms with van der Waals surface area (Å²) in [5.41, 5.74) is 9.58. The third-order valence-electron chi connectivity index (χ3n) is 3.25. The predicted molar refractivity (Wildman–Crippen MR) is 93.0 cm³/mol. The third-order valence-corrected chi connectivity index (χ3v) is 4.00. The molecule has 3 rings (SSSR count). The van der Waals surface area contributed by atoms with Crippen molar-refractivity contribution in [3.8, 4) is 11.3 Å². The van der Waals surface area contributed by atoms with Gasteiger partial charge < -0.3 is 15.8 Å². The van der Waals surface area contributed by atoms with Gasteiger partial charge in [0.2, 0.25) is 0 Å². The molecule has 0 fully saturated rings. The molecule has 5 nitrogen and oxygen atoms in total. The van der Waals surface area contributed by atoms with Gasteiger partial charge in [0.25, 0.3) is 0 Å². The molecule has 1 heterocycles. The maximum Gasteiger partial charge on any atom is 0.337 e. The summed E-state index contributed by atoms with van der Waals surface area (Å²) in [5.74, 6) is -0.365. The number of hydrogen-bond donors (Lipinski definition) is 2. The van der Waals surface area contributed by atoms with Crippen molar-refractivity contribution in [2.75, 3.05) is 18.2 Å². The second-order valence-corrected chi connectivity index (χ2v) is 5.72. The number of methoxy groups -OCH3 is 1. The van der Waals surface area contributed by atoms with Gasteiger partial charge in [-0.15, -0.1) is 11.3 Å². The number of rotatable bonds is 4. The highest BCUT2D eigenvalue weighted by molar-refractivity contribution is 7.14. The molecule has 2 aromatic carbocycles. The van der Waals surface area contributed by atoms with E-state index in [4.69, 9.17) is 10.5 Å². The van der Waals surface area contributed by atoms with Crippen LogP contribution in [0.25, 0.3) is 11.3 Å². The van der Waals surface area contributed by atoms with Gasteiger partial charge in [-0.25, -0.2) is 9.78 Å². The van der Waals surface area contributed by atoms with E-state index in [0.717, 1.165) is 27.8 Å². The number of ether oxygens (including phenoxy) is 1. The molecule has 116 valence electrons. The lowest BCUT2D eigenvalue weighted by Gasteiger charge is -2.04. The molecular formula is C17H15N3O2S. The summed E-state index contributed by atoms with van der Waals surface area (Å²) in [6.45, 7) is 0. The zero-order valence-corrected chi connectivity index (χ0v) is 13.3. The van der Waals surface area contributed by atoms with Crippen LogP contribution in [0.5, 0.6) is 0 Å². The van der Waals surface area contributed by atoms with E-state index in [9.17, 15) is 4.79 Å². The highest BCUT2D eigenvalue weighted by Crippen LogP contribution is 2.27. The van der Waals surface area contributed by atoms with Gasteiger partial charge in [0.15, 0.2) is 5.13 Å². The van der Waals surface area contributed by atoms with Gasteiger partial charge in [0.1, 0.15) is 0 Å². The number of nitrogens with two attached hydrogens (primary N) is 1. The molecule has 0 unspecified atom stereocenters. The lowest BCUT2D eigenvalue weighted by atomic mass is 10.1. The minimum absolute atomic E-state index is 0.365. The Morgan fingerprint density at radius 1 is 1.22 bits per heavy atom. The second-order valence-electron chi connectivity index (χ2n) is 4.86. The van der Waals surface area contributed by atoms with Gasteiger partial charge >= 0.3 is 5.97 Å². The molecule has 0 radical (unpaired) electrons. The summed E-state index contributed by atoms with van der Waals surface area (Å²) in [6, 6.07) is 14.7. The normalized spacial score (nSPS) is 10.3. The summed E-state index contributed by atoms with van der Waals surface area (Å²) in [5, 5.41) is 5.92. The van der Waals surface area contributed by atoms with Crippen LogP contribution in [0.15, 0.2) is 53.9 Å². The zero-order chi connectivity index (χ0) is 16.2. The van der Waals surface area contributed by atoms with Crippen molar-refractivity contribution in [2.45, 2.75) is 0 Å². The molecule has 0 aliphatic carbocycles. The Kier molecular flexibility index (Phi) is 4.25. The summed E-state index contributed by atoms with van der Waals surface area (Å²) in [6.07, 6.45) is 0. The number of nitrogens with zero attached hydrogens (tertiary/aromatic N) is 1. The Morgan fingerprint density at radius 2 is 2.00 bits per heavy atom. The first-order valence-electron chi connectivity index (χ1n) is 6.92. The largest absolute Gasteiger partial charge is 0.465 e. The molecule has 0 amide bonds. The predicted octanol–water partition coefficient (Wildman–Crippen LogP) is 3.92. The molecule has 3 aromatic rings. The molecule has 0 bridgehead atoms. The molecule has 0 aliphatic heterocycles. The standard InChI is InChI=1S/C17H15N3O2S/c1-22-16(21)12-3-2-4-14(9-12)19-17-20-15(10-23-17)11-5-7-13(18)8-6-11/h2-10H,18H2,1H3,(H,19,20). The minimum atomic E-state index is -0.365. The molecule has 23 heavy (non-hydrogen) atoms. The first-order valence-corrected chi connectivity index (χ1v) is 7.80. The average Bonchev–Trinajstić information content (AvgIpc) is 3.03. The molecule has 0 aliphatic rings. The number of esters is 1. The van der Waals surface area contributed by atoms with Crippen molar-refractivity contribution in [3.05, 3.63) is 59.5 Å². The first-order chi connectivity index (χ1) is 11.2. The fourth-order valence-corrected chi connectivity index (χ4v) is 2.82. The van der Waals surface area contributed by atoms with Crippen LogP contribution < -0.4 is 11.1 Å². The van der Waals surface area contributed by atoms with E-state index in [1.165, 1.54) is 18.4 Å². The van der Waals surface area contributed by atoms with E-state index in [2.05, 4.69) is 10.3 Å². The SMILES string of the molecule is COC(=O)c1cccc(Nc2nc(-c3ccc(N)cc3)cs2)c1. The van der Waals surface area contributed by atoms with E-state index in [1.54, 1.807) is 18.2 Å². The van der Waals surface area contributed by atoms with Gasteiger partial charge in [-0.05, 0) is 30.3 Å². The van der Waals surface area contributed by atoms with Crippen LogP contribution in [0.3, 0.4) is 0 Å². The van der Waals surface area contributed by atoms with Crippen LogP contribution in [0.1, 0.15) is 10.4 Å². The number of thiazole rings is 1. The van der Waals surface area contributed by atoms with E-state index < -0.39 is 0 Å². The number of carbonyl (C=O) groups excluding carboxylic acids is 1. The number of anilines is 3. The lowest BCUT2D eigenvalue weighted by molar-refractivity contribution is 0.0601. The van der Waals surface area contributed by atoms with Crippen LogP contribution in [0, 0.1) is 0 Å². The van der Waals surface area contributed by atoms with Gasteiger partial charge in [-0.3, -0.25) is 0 Å². The lowest BCUT2D eigenvalue weighted by Crippen LogP contribution is -2.01. The van der Waals surface area contributed by atoms with E-state index in [0.29, 0.717) is 5.56 Å². The van der Waals surface area contributed by atoms with Crippen LogP contribution in [-0.4, -0.2) is 18.1 Å². The smallest absolute Gasteiger partial charge is 0.337 e. The van der Waals surface area contributed by atoms with Crippen molar-refractivity contribution in [3.63, 3.8) is 0 Å². The second kappa shape index (κ2) is 6.50. The van der Waals surface area contributed by atoms with Crippen LogP contribution in [0.2, 0.25) is 0 Å². The Labute approximate surface area is 137 Å². The summed E-state index contributed by atoms with van der Waals surface area (Å²) in [4.78, 5) is 16.1. The van der Waals surface area contributed by atoms with Crippen molar-refractivity contribution >= 4 is 33.8 Å². The summed E-state index contributed by atoms with van der Waals surface area (Å²) < 4.78 is 4.72. The van der Waals surface area contributed by atoms with Crippen LogP contribution in [0.4, 0.5) is 16.5 Å². The fourth-order valence-electron chi connectivity index (χ4n) is 2.08. The van der Waals surface area contributed by atoms with Gasteiger partial charge in [0.05, 0.1) is 18.4 Å². The number of carbonyl (C=O) groups is 1. The number of benzene rings is 2. The highest BCUT2D eigenvalue weighted by Gasteiger charge is 2.08. The molecule has 3 N–H and O–H groups in total. The molecule has 6 heteroatoms. The summed E-state index contributed by atoms with van der Waals surface area (Å²) >= 11 is 1.49. The van der Waals surface area contributed by atoms with Gasteiger partial charge in [0, 0.05) is 22.3 Å². The van der Waals surface area contributed by atoms with E-state index in [-0.39, 0.29) is 5.97 Å². The third kappa shape index (κ3) is 3.49. The highest BCUT2D eigenvalue weighted by atomic mass is 32.1. The molecule has 1 aromatic heterocycles. The van der Waals surface area contributed by atoms with E-state index in [1.807, 2.05) is 35.7 Å². The average molecular weight is 325 g/mol. The number of nitrogen functional groups attached to an aromatic ring is 1. The Morgan fingerprint density at radius 3 is 2.74 bits per heavy atom. The number of aromatic nitrogens is 1. The van der Waals surface area contributed by atoms with Crippen LogP contribution >= 0.6 is 11.3 Å². The molecule has 0 saturated heterocycles. The zero-order valence-electron chi connectivity index (χ0n) is 12.4. The molecule has 0 atom stereocenters. The van der Waals surface area contributed by atoms with Crippen molar-refractivity contribution in [1.82, 2.24) is 4.98 Å².